The van der Waals surface area contributed by atoms with Gasteiger partial charge in [0.15, 0.2) is 0 Å². The Morgan fingerprint density at radius 1 is 1.53 bits per heavy atom. The van der Waals surface area contributed by atoms with E-state index in [1.54, 1.807) is 22.1 Å². The molecule has 0 radical (unpaired) electrons. The number of aromatic nitrogens is 3. The van der Waals surface area contributed by atoms with Crippen LogP contribution < -0.4 is 5.56 Å². The molecule has 0 fully saturated rings. The maximum absolute atomic E-state index is 11.6. The second-order valence-electron chi connectivity index (χ2n) is 3.02. The van der Waals surface area contributed by atoms with Crippen LogP contribution in [-0.2, 0) is 6.54 Å². The molecule has 0 atom stereocenters. The molecule has 0 aromatic carbocycles. The lowest BCUT2D eigenvalue weighted by Gasteiger charge is -2.01. The molecule has 15 heavy (non-hydrogen) atoms. The number of nitrogens with zero attached hydrogens (tertiary/aromatic N) is 3. The van der Waals surface area contributed by atoms with E-state index < -0.39 is 0 Å². The first kappa shape index (κ1) is 10.5. The van der Waals surface area contributed by atoms with Gasteiger partial charge in [-0.05, 0) is 22.9 Å². The highest BCUT2D eigenvalue weighted by atomic mass is 79.9. The molecule has 0 saturated heterocycles. The third-order valence-corrected chi connectivity index (χ3v) is 3.30. The normalized spacial score (nSPS) is 10.5. The Hall–Kier alpha value is -1.01. The fourth-order valence-electron chi connectivity index (χ4n) is 1.18. The van der Waals surface area contributed by atoms with E-state index in [9.17, 15) is 4.79 Å². The van der Waals surface area contributed by atoms with Gasteiger partial charge in [-0.25, -0.2) is 9.97 Å². The van der Waals surface area contributed by atoms with Crippen LogP contribution >= 0.6 is 27.3 Å². The molecule has 0 saturated carbocycles. The minimum absolute atomic E-state index is 0.0731. The highest BCUT2D eigenvalue weighted by Crippen LogP contribution is 2.12. The predicted molar refractivity (Wildman–Crippen MR) is 62.2 cm³/mol. The maximum Gasteiger partial charge on any atom is 0.267 e. The van der Waals surface area contributed by atoms with Crippen molar-refractivity contribution in [1.29, 1.82) is 0 Å². The Morgan fingerprint density at radius 2 is 2.33 bits per heavy atom. The predicted octanol–water partition coefficient (Wildman–Crippen LogP) is 1.82. The van der Waals surface area contributed by atoms with Crippen molar-refractivity contribution in [3.8, 4) is 0 Å². The summed E-state index contributed by atoms with van der Waals surface area (Å²) in [7, 11) is 0. The fourth-order valence-corrected chi connectivity index (χ4v) is 2.32. The Kier molecular flexibility index (Phi) is 2.97. The quantitative estimate of drug-likeness (QED) is 0.846. The Balaban J connectivity index is 2.32. The smallest absolute Gasteiger partial charge is 0.267 e. The van der Waals surface area contributed by atoms with Gasteiger partial charge in [-0.3, -0.25) is 9.36 Å². The summed E-state index contributed by atoms with van der Waals surface area (Å²) in [6.07, 6.45) is 4.81. The first-order valence-electron chi connectivity index (χ1n) is 4.28. The molecule has 0 aliphatic carbocycles. The number of halogens is 1. The first-order valence-corrected chi connectivity index (χ1v) is 5.89. The van der Waals surface area contributed by atoms with Gasteiger partial charge in [0, 0.05) is 17.3 Å². The minimum atomic E-state index is -0.0731. The average Bonchev–Trinajstić information content (AvgIpc) is 2.59. The van der Waals surface area contributed by atoms with Crippen LogP contribution in [0, 0.1) is 6.92 Å². The molecular weight excluding hydrogens is 278 g/mol. The molecule has 2 aromatic heterocycles. The number of hydrogen-bond donors (Lipinski definition) is 0. The van der Waals surface area contributed by atoms with Crippen LogP contribution in [0.4, 0.5) is 0 Å². The lowest BCUT2D eigenvalue weighted by Crippen LogP contribution is -2.20. The molecule has 0 amide bonds. The third-order valence-electron chi connectivity index (χ3n) is 1.85. The van der Waals surface area contributed by atoms with Gasteiger partial charge in [-0.2, -0.15) is 0 Å². The van der Waals surface area contributed by atoms with Crippen molar-refractivity contribution in [1.82, 2.24) is 14.5 Å². The van der Waals surface area contributed by atoms with Gasteiger partial charge >= 0.3 is 0 Å². The van der Waals surface area contributed by atoms with E-state index in [4.69, 9.17) is 0 Å². The summed E-state index contributed by atoms with van der Waals surface area (Å²) in [5.41, 5.74) is -0.0731. The highest BCUT2D eigenvalue weighted by Gasteiger charge is 2.03. The second-order valence-corrected chi connectivity index (χ2v) is 5.19. The number of aryl methyl sites for hydroxylation is 1. The van der Waals surface area contributed by atoms with Gasteiger partial charge in [-0.1, -0.05) is 0 Å². The molecule has 4 nitrogen and oxygen atoms in total. The molecule has 0 unspecified atom stereocenters. The molecule has 0 N–H and O–H groups in total. The molecular formula is C9H8BrN3OS. The van der Waals surface area contributed by atoms with E-state index in [0.717, 1.165) is 9.88 Å². The Morgan fingerprint density at radius 3 is 3.00 bits per heavy atom. The zero-order chi connectivity index (χ0) is 10.8. The zero-order valence-electron chi connectivity index (χ0n) is 7.98. The molecule has 0 bridgehead atoms. The standard InChI is InChI=1S/C9H8BrN3OS/c1-6-12-2-7(15-6)4-13-5-11-3-8(10)9(13)14/h2-3,5H,4H2,1H3. The Bertz CT molecular complexity index is 534. The molecule has 2 heterocycles. The van der Waals surface area contributed by atoms with Crippen LogP contribution in [0.25, 0.3) is 0 Å². The van der Waals surface area contributed by atoms with Gasteiger partial charge in [0.1, 0.15) is 4.47 Å². The van der Waals surface area contributed by atoms with Crippen LogP contribution in [0.5, 0.6) is 0 Å². The molecule has 2 aromatic rings. The number of hydrogen-bond acceptors (Lipinski definition) is 4. The first-order chi connectivity index (χ1) is 7.16. The van der Waals surface area contributed by atoms with Crippen molar-refractivity contribution in [2.45, 2.75) is 13.5 Å². The van der Waals surface area contributed by atoms with E-state index in [2.05, 4.69) is 25.9 Å². The van der Waals surface area contributed by atoms with Crippen molar-refractivity contribution < 1.29 is 0 Å². The third kappa shape index (κ3) is 2.32. The minimum Gasteiger partial charge on any atom is -0.293 e. The molecule has 6 heteroatoms. The summed E-state index contributed by atoms with van der Waals surface area (Å²) in [6.45, 7) is 2.47. The molecule has 2 rings (SSSR count). The summed E-state index contributed by atoms with van der Waals surface area (Å²) in [5.74, 6) is 0. The lowest BCUT2D eigenvalue weighted by atomic mass is 10.5. The van der Waals surface area contributed by atoms with Gasteiger partial charge in [0.05, 0.1) is 17.9 Å². The van der Waals surface area contributed by atoms with Gasteiger partial charge in [0.25, 0.3) is 5.56 Å². The van der Waals surface area contributed by atoms with Crippen molar-refractivity contribution in [3.63, 3.8) is 0 Å². The monoisotopic (exact) mass is 285 g/mol. The molecule has 78 valence electrons. The van der Waals surface area contributed by atoms with Gasteiger partial charge < -0.3 is 0 Å². The topological polar surface area (TPSA) is 47.8 Å². The van der Waals surface area contributed by atoms with E-state index in [-0.39, 0.29) is 5.56 Å². The average molecular weight is 286 g/mol. The maximum atomic E-state index is 11.6. The summed E-state index contributed by atoms with van der Waals surface area (Å²) in [6, 6.07) is 0. The van der Waals surface area contributed by atoms with Crippen molar-refractivity contribution in [3.05, 3.63) is 43.4 Å². The van der Waals surface area contributed by atoms with Gasteiger partial charge in [-0.15, -0.1) is 11.3 Å². The summed E-state index contributed by atoms with van der Waals surface area (Å²) in [5, 5.41) is 1.00. The van der Waals surface area contributed by atoms with Crippen LogP contribution in [-0.4, -0.2) is 14.5 Å². The zero-order valence-corrected chi connectivity index (χ0v) is 10.4. The summed E-state index contributed by atoms with van der Waals surface area (Å²) in [4.78, 5) is 20.8. The fraction of sp³-hybridized carbons (Fsp3) is 0.222. The van der Waals surface area contributed by atoms with Crippen molar-refractivity contribution in [2.24, 2.45) is 0 Å². The highest BCUT2D eigenvalue weighted by molar-refractivity contribution is 9.10. The number of rotatable bonds is 2. The van der Waals surface area contributed by atoms with E-state index in [1.165, 1.54) is 12.5 Å². The van der Waals surface area contributed by atoms with Crippen molar-refractivity contribution in [2.75, 3.05) is 0 Å². The Labute approximate surface area is 98.8 Å². The summed E-state index contributed by atoms with van der Waals surface area (Å²) < 4.78 is 2.03. The largest absolute Gasteiger partial charge is 0.293 e. The lowest BCUT2D eigenvalue weighted by molar-refractivity contribution is 0.738. The van der Waals surface area contributed by atoms with E-state index in [0.29, 0.717) is 11.0 Å². The van der Waals surface area contributed by atoms with Crippen LogP contribution in [0.3, 0.4) is 0 Å². The molecule has 0 aliphatic heterocycles. The van der Waals surface area contributed by atoms with Crippen LogP contribution in [0.1, 0.15) is 9.88 Å². The molecule has 0 spiro atoms. The summed E-state index contributed by atoms with van der Waals surface area (Å²) >= 11 is 4.74. The second kappa shape index (κ2) is 4.24. The number of thiazole rings is 1. The molecule has 0 aliphatic rings. The van der Waals surface area contributed by atoms with Crippen LogP contribution in [0.2, 0.25) is 0 Å². The van der Waals surface area contributed by atoms with E-state index >= 15 is 0 Å². The van der Waals surface area contributed by atoms with Crippen molar-refractivity contribution >= 4 is 27.3 Å². The van der Waals surface area contributed by atoms with Gasteiger partial charge in [0.2, 0.25) is 0 Å². The van der Waals surface area contributed by atoms with E-state index in [1.807, 2.05) is 6.92 Å². The SMILES string of the molecule is Cc1ncc(Cn2cncc(Br)c2=O)s1. The van der Waals surface area contributed by atoms with Crippen LogP contribution in [0.15, 0.2) is 28.0 Å².